The van der Waals surface area contributed by atoms with Gasteiger partial charge in [-0.15, -0.1) is 5.10 Å². The number of ether oxygens (including phenoxy) is 1. The number of carboxylic acids is 1. The summed E-state index contributed by atoms with van der Waals surface area (Å²) in [6.07, 6.45) is 3.18. The van der Waals surface area contributed by atoms with E-state index in [1.165, 1.54) is 0 Å². The van der Waals surface area contributed by atoms with Crippen molar-refractivity contribution in [1.29, 1.82) is 0 Å². The average Bonchev–Trinajstić information content (AvgIpc) is 2.90. The molecular formula is C14H24N4O3. The van der Waals surface area contributed by atoms with Gasteiger partial charge in [-0.05, 0) is 55.9 Å². The van der Waals surface area contributed by atoms with Crippen LogP contribution in [0.3, 0.4) is 0 Å². The Morgan fingerprint density at radius 3 is 2.62 bits per heavy atom. The number of carbonyl (C=O) groups is 1. The van der Waals surface area contributed by atoms with E-state index in [1.54, 1.807) is 11.8 Å². The van der Waals surface area contributed by atoms with Crippen molar-refractivity contribution >= 4 is 5.97 Å². The van der Waals surface area contributed by atoms with Gasteiger partial charge in [-0.3, -0.25) is 4.79 Å². The second kappa shape index (κ2) is 5.71. The zero-order valence-corrected chi connectivity index (χ0v) is 13.2. The van der Waals surface area contributed by atoms with E-state index in [0.29, 0.717) is 31.1 Å². The first-order valence-corrected chi connectivity index (χ1v) is 7.36. The lowest BCUT2D eigenvalue weighted by atomic mass is 9.71. The highest BCUT2D eigenvalue weighted by atomic mass is 16.5. The summed E-state index contributed by atoms with van der Waals surface area (Å²) in [6, 6.07) is 0. The Hall–Kier alpha value is -1.50. The molecule has 0 unspecified atom stereocenters. The van der Waals surface area contributed by atoms with E-state index in [4.69, 9.17) is 4.74 Å². The molecule has 1 aromatic rings. The van der Waals surface area contributed by atoms with E-state index >= 15 is 0 Å². The molecule has 7 nitrogen and oxygen atoms in total. The van der Waals surface area contributed by atoms with Gasteiger partial charge in [-0.25, -0.2) is 4.68 Å². The van der Waals surface area contributed by atoms with E-state index < -0.39 is 17.0 Å². The fraction of sp³-hybridized carbons (Fsp3) is 0.857. The summed E-state index contributed by atoms with van der Waals surface area (Å²) in [6.45, 7) is 6.20. The number of tetrazole rings is 1. The maximum atomic E-state index is 11.8. The maximum absolute atomic E-state index is 11.8. The van der Waals surface area contributed by atoms with Gasteiger partial charge < -0.3 is 9.84 Å². The van der Waals surface area contributed by atoms with Crippen molar-refractivity contribution in [2.24, 2.45) is 11.3 Å². The van der Waals surface area contributed by atoms with Gasteiger partial charge in [0.1, 0.15) is 5.60 Å². The Labute approximate surface area is 124 Å². The third-order valence-electron chi connectivity index (χ3n) is 4.72. The molecule has 1 aromatic heterocycles. The minimum atomic E-state index is -0.777. The summed E-state index contributed by atoms with van der Waals surface area (Å²) in [7, 11) is 1.59. The molecule has 0 aromatic carbocycles. The lowest BCUT2D eigenvalue weighted by molar-refractivity contribution is -0.153. The molecule has 118 valence electrons. The van der Waals surface area contributed by atoms with Crippen molar-refractivity contribution in [2.75, 3.05) is 7.11 Å². The van der Waals surface area contributed by atoms with E-state index in [0.717, 1.165) is 12.8 Å². The number of nitrogens with zero attached hydrogens (tertiary/aromatic N) is 4. The first kappa shape index (κ1) is 15.9. The summed E-state index contributed by atoms with van der Waals surface area (Å²) in [4.78, 5) is 11.8. The molecule has 0 spiro atoms. The molecule has 0 bridgehead atoms. The Bertz CT molecular complexity index is 504. The largest absolute Gasteiger partial charge is 0.481 e. The van der Waals surface area contributed by atoms with Gasteiger partial charge in [0.2, 0.25) is 0 Å². The van der Waals surface area contributed by atoms with Crippen molar-refractivity contribution < 1.29 is 14.6 Å². The monoisotopic (exact) mass is 296 g/mol. The van der Waals surface area contributed by atoms with Crippen LogP contribution in [0, 0.1) is 11.3 Å². The number of hydrogen-bond acceptors (Lipinski definition) is 5. The Balaban J connectivity index is 2.27. The topological polar surface area (TPSA) is 90.1 Å². The third-order valence-corrected chi connectivity index (χ3v) is 4.72. The fourth-order valence-corrected chi connectivity index (χ4v) is 2.87. The predicted molar refractivity (Wildman–Crippen MR) is 75.6 cm³/mol. The Morgan fingerprint density at radius 1 is 1.48 bits per heavy atom. The van der Waals surface area contributed by atoms with Crippen LogP contribution in [0.5, 0.6) is 0 Å². The van der Waals surface area contributed by atoms with Gasteiger partial charge in [0.05, 0.1) is 12.0 Å². The molecule has 1 fully saturated rings. The van der Waals surface area contributed by atoms with Gasteiger partial charge in [0.15, 0.2) is 5.82 Å². The second-order valence-corrected chi connectivity index (χ2v) is 6.64. The molecule has 0 amide bonds. The Kier molecular flexibility index (Phi) is 4.32. The van der Waals surface area contributed by atoms with E-state index in [-0.39, 0.29) is 0 Å². The number of methoxy groups -OCH3 is 1. The number of rotatable bonds is 5. The molecule has 1 saturated carbocycles. The first-order valence-electron chi connectivity index (χ1n) is 7.36. The first-order chi connectivity index (χ1) is 9.81. The van der Waals surface area contributed by atoms with Gasteiger partial charge in [0.25, 0.3) is 0 Å². The van der Waals surface area contributed by atoms with Crippen LogP contribution in [-0.2, 0) is 21.7 Å². The molecular weight excluding hydrogens is 272 g/mol. The van der Waals surface area contributed by atoms with Crippen molar-refractivity contribution in [3.8, 4) is 0 Å². The quantitative estimate of drug-likeness (QED) is 0.891. The van der Waals surface area contributed by atoms with Crippen LogP contribution in [-0.4, -0.2) is 38.4 Å². The highest BCUT2D eigenvalue weighted by Gasteiger charge is 2.43. The van der Waals surface area contributed by atoms with Crippen LogP contribution in [0.4, 0.5) is 0 Å². The molecule has 21 heavy (non-hydrogen) atoms. The van der Waals surface area contributed by atoms with Crippen LogP contribution >= 0.6 is 0 Å². The molecule has 1 aliphatic carbocycles. The molecule has 0 radical (unpaired) electrons. The van der Waals surface area contributed by atoms with Crippen LogP contribution in [0.1, 0.15) is 52.3 Å². The fourth-order valence-electron chi connectivity index (χ4n) is 2.87. The van der Waals surface area contributed by atoms with Crippen molar-refractivity contribution in [1.82, 2.24) is 20.2 Å². The van der Waals surface area contributed by atoms with Crippen LogP contribution in [0.25, 0.3) is 0 Å². The maximum Gasteiger partial charge on any atom is 0.311 e. The van der Waals surface area contributed by atoms with Gasteiger partial charge in [0, 0.05) is 7.11 Å². The SMILES string of the molecule is COC(C)(C)c1nnnn1CC1(C(=O)O)CCC(C)CC1. The van der Waals surface area contributed by atoms with E-state index in [1.807, 2.05) is 13.8 Å². The predicted octanol–water partition coefficient (Wildman–Crippen LogP) is 1.84. The summed E-state index contributed by atoms with van der Waals surface area (Å²) in [5.74, 6) is 0.386. The van der Waals surface area contributed by atoms with Gasteiger partial charge >= 0.3 is 5.97 Å². The minimum Gasteiger partial charge on any atom is -0.481 e. The molecule has 7 heteroatoms. The lowest BCUT2D eigenvalue weighted by Gasteiger charge is -2.36. The molecule has 0 saturated heterocycles. The molecule has 1 N–H and O–H groups in total. The number of carboxylic acid groups (broad SMARTS) is 1. The molecule has 0 atom stereocenters. The highest BCUT2D eigenvalue weighted by molar-refractivity contribution is 5.74. The third kappa shape index (κ3) is 3.07. The van der Waals surface area contributed by atoms with Crippen LogP contribution in [0.15, 0.2) is 0 Å². The molecule has 1 heterocycles. The standard InChI is InChI=1S/C14H24N4O3/c1-10-5-7-14(8-6-10,12(19)20)9-18-11(15-16-17-18)13(2,3)21-4/h10H,5-9H2,1-4H3,(H,19,20). The minimum absolute atomic E-state index is 0.296. The van der Waals surface area contributed by atoms with Crippen LogP contribution < -0.4 is 0 Å². The highest BCUT2D eigenvalue weighted by Crippen LogP contribution is 2.41. The smallest absolute Gasteiger partial charge is 0.311 e. The summed E-state index contributed by atoms with van der Waals surface area (Å²) < 4.78 is 7.00. The van der Waals surface area contributed by atoms with Crippen molar-refractivity contribution in [3.05, 3.63) is 5.82 Å². The van der Waals surface area contributed by atoms with Crippen molar-refractivity contribution in [2.45, 2.75) is 58.6 Å². The zero-order chi connectivity index (χ0) is 15.7. The summed E-state index contributed by atoms with van der Waals surface area (Å²) in [5.41, 5.74) is -1.42. The number of hydrogen-bond donors (Lipinski definition) is 1. The molecule has 2 rings (SSSR count). The summed E-state index contributed by atoms with van der Waals surface area (Å²) in [5, 5.41) is 21.4. The van der Waals surface area contributed by atoms with Crippen molar-refractivity contribution in [3.63, 3.8) is 0 Å². The normalized spacial score (nSPS) is 26.8. The number of aromatic nitrogens is 4. The lowest BCUT2D eigenvalue weighted by Crippen LogP contribution is -2.40. The van der Waals surface area contributed by atoms with Crippen LogP contribution in [0.2, 0.25) is 0 Å². The number of aliphatic carboxylic acids is 1. The van der Waals surface area contributed by atoms with E-state index in [9.17, 15) is 9.90 Å². The van der Waals surface area contributed by atoms with Gasteiger partial charge in [-0.1, -0.05) is 6.92 Å². The zero-order valence-electron chi connectivity index (χ0n) is 13.2. The molecule has 0 aliphatic heterocycles. The Morgan fingerprint density at radius 2 is 2.10 bits per heavy atom. The molecule has 1 aliphatic rings. The average molecular weight is 296 g/mol. The van der Waals surface area contributed by atoms with E-state index in [2.05, 4.69) is 22.4 Å². The summed E-state index contributed by atoms with van der Waals surface area (Å²) >= 11 is 0. The van der Waals surface area contributed by atoms with Gasteiger partial charge in [-0.2, -0.15) is 0 Å². The second-order valence-electron chi connectivity index (χ2n) is 6.64.